The van der Waals surface area contributed by atoms with Gasteiger partial charge in [0.2, 0.25) is 5.91 Å². The van der Waals surface area contributed by atoms with Gasteiger partial charge in [0.15, 0.2) is 0 Å². The molecule has 0 radical (unpaired) electrons. The quantitative estimate of drug-likeness (QED) is 0.743. The summed E-state index contributed by atoms with van der Waals surface area (Å²) in [4.78, 5) is 11.8. The minimum atomic E-state index is -0.220. The van der Waals surface area contributed by atoms with E-state index in [-0.39, 0.29) is 18.9 Å². The standard InChI is InChI=1S/C11H9IN4O2/c12-6-1-2-7-9(3-6)16-10(4-11(18)13-7)8(5-17)14-15-16/h1-3,17H,4-5H2,(H,13,18). The molecule has 1 aromatic heterocycles. The van der Waals surface area contributed by atoms with Crippen molar-refractivity contribution in [3.05, 3.63) is 33.2 Å². The van der Waals surface area contributed by atoms with Crippen molar-refractivity contribution < 1.29 is 9.90 Å². The van der Waals surface area contributed by atoms with Gasteiger partial charge < -0.3 is 10.4 Å². The van der Waals surface area contributed by atoms with Crippen LogP contribution in [0, 0.1) is 3.57 Å². The first-order valence-electron chi connectivity index (χ1n) is 5.33. The largest absolute Gasteiger partial charge is 0.390 e. The number of aromatic nitrogens is 3. The number of aliphatic hydroxyl groups excluding tert-OH is 1. The molecule has 2 heterocycles. The van der Waals surface area contributed by atoms with Gasteiger partial charge in [0.05, 0.1) is 30.1 Å². The average molecular weight is 356 g/mol. The number of nitrogens with one attached hydrogen (secondary N) is 1. The van der Waals surface area contributed by atoms with Gasteiger partial charge in [-0.15, -0.1) is 5.10 Å². The highest BCUT2D eigenvalue weighted by atomic mass is 127. The number of benzene rings is 1. The highest BCUT2D eigenvalue weighted by molar-refractivity contribution is 14.1. The minimum absolute atomic E-state index is 0.131. The number of carbonyl (C=O) groups excluding carboxylic acids is 1. The molecule has 3 rings (SSSR count). The Morgan fingerprint density at radius 2 is 2.33 bits per heavy atom. The first-order chi connectivity index (χ1) is 8.69. The van der Waals surface area contributed by atoms with Crippen molar-refractivity contribution in [3.8, 4) is 5.69 Å². The van der Waals surface area contributed by atoms with Crippen LogP contribution in [0.2, 0.25) is 0 Å². The van der Waals surface area contributed by atoms with Crippen LogP contribution in [0.3, 0.4) is 0 Å². The van der Waals surface area contributed by atoms with Crippen LogP contribution in [0.4, 0.5) is 5.69 Å². The maximum atomic E-state index is 11.8. The lowest BCUT2D eigenvalue weighted by Crippen LogP contribution is -2.13. The average Bonchev–Trinajstić information content (AvgIpc) is 2.68. The lowest BCUT2D eigenvalue weighted by Gasteiger charge is -2.07. The van der Waals surface area contributed by atoms with E-state index in [9.17, 15) is 9.90 Å². The second-order valence-corrected chi connectivity index (χ2v) is 5.18. The summed E-state index contributed by atoms with van der Waals surface area (Å²) in [6.45, 7) is -0.220. The topological polar surface area (TPSA) is 80.0 Å². The molecule has 92 valence electrons. The Balaban J connectivity index is 2.27. The molecule has 0 saturated carbocycles. The van der Waals surface area contributed by atoms with Crippen LogP contribution in [0.1, 0.15) is 11.4 Å². The highest BCUT2D eigenvalue weighted by Crippen LogP contribution is 2.27. The Kier molecular flexibility index (Phi) is 2.78. The van der Waals surface area contributed by atoms with Crippen molar-refractivity contribution in [2.24, 2.45) is 0 Å². The van der Waals surface area contributed by atoms with Gasteiger partial charge in [-0.3, -0.25) is 4.79 Å². The monoisotopic (exact) mass is 356 g/mol. The predicted molar refractivity (Wildman–Crippen MR) is 72.3 cm³/mol. The van der Waals surface area contributed by atoms with Crippen molar-refractivity contribution >= 4 is 34.2 Å². The lowest BCUT2D eigenvalue weighted by atomic mass is 10.2. The van der Waals surface area contributed by atoms with Gasteiger partial charge in [0.25, 0.3) is 0 Å². The minimum Gasteiger partial charge on any atom is -0.390 e. The second-order valence-electron chi connectivity index (χ2n) is 3.94. The molecule has 6 nitrogen and oxygen atoms in total. The summed E-state index contributed by atoms with van der Waals surface area (Å²) in [6, 6.07) is 5.67. The maximum absolute atomic E-state index is 11.8. The highest BCUT2D eigenvalue weighted by Gasteiger charge is 2.23. The molecule has 1 aromatic carbocycles. The van der Waals surface area contributed by atoms with Gasteiger partial charge in [-0.25, -0.2) is 4.68 Å². The van der Waals surface area contributed by atoms with Crippen LogP contribution in [0.5, 0.6) is 0 Å². The van der Waals surface area contributed by atoms with Gasteiger partial charge in [-0.2, -0.15) is 0 Å². The molecule has 7 heteroatoms. The van der Waals surface area contributed by atoms with E-state index < -0.39 is 0 Å². The molecule has 2 aromatic rings. The van der Waals surface area contributed by atoms with Crippen LogP contribution < -0.4 is 5.32 Å². The second kappa shape index (κ2) is 4.32. The Morgan fingerprint density at radius 1 is 1.50 bits per heavy atom. The number of anilines is 1. The molecule has 0 saturated heterocycles. The van der Waals surface area contributed by atoms with E-state index >= 15 is 0 Å². The zero-order valence-electron chi connectivity index (χ0n) is 9.22. The van der Waals surface area contributed by atoms with Gasteiger partial charge in [-0.05, 0) is 40.8 Å². The third kappa shape index (κ3) is 1.79. The molecule has 0 bridgehead atoms. The van der Waals surface area contributed by atoms with Crippen LogP contribution in [-0.4, -0.2) is 26.0 Å². The number of carbonyl (C=O) groups is 1. The molecule has 1 amide bonds. The van der Waals surface area contributed by atoms with E-state index in [2.05, 4.69) is 38.2 Å². The number of hydrogen-bond acceptors (Lipinski definition) is 4. The molecule has 2 N–H and O–H groups in total. The van der Waals surface area contributed by atoms with Crippen LogP contribution in [0.15, 0.2) is 18.2 Å². The number of rotatable bonds is 1. The van der Waals surface area contributed by atoms with Crippen LogP contribution >= 0.6 is 22.6 Å². The van der Waals surface area contributed by atoms with E-state index in [1.54, 1.807) is 4.68 Å². The maximum Gasteiger partial charge on any atom is 0.230 e. The summed E-state index contributed by atoms with van der Waals surface area (Å²) in [5.41, 5.74) is 2.55. The molecule has 0 aliphatic carbocycles. The van der Waals surface area contributed by atoms with Crippen molar-refractivity contribution in [2.45, 2.75) is 13.0 Å². The molecule has 0 spiro atoms. The third-order valence-electron chi connectivity index (χ3n) is 2.78. The molecular formula is C11H9IN4O2. The summed E-state index contributed by atoms with van der Waals surface area (Å²) in [5.74, 6) is -0.131. The number of amides is 1. The van der Waals surface area contributed by atoms with Gasteiger partial charge >= 0.3 is 0 Å². The summed E-state index contributed by atoms with van der Waals surface area (Å²) in [7, 11) is 0. The zero-order chi connectivity index (χ0) is 12.7. The number of hydrogen-bond donors (Lipinski definition) is 2. The van der Waals surface area contributed by atoms with E-state index in [1.807, 2.05) is 18.2 Å². The van der Waals surface area contributed by atoms with Crippen LogP contribution in [-0.2, 0) is 17.8 Å². The number of halogens is 1. The number of fused-ring (bicyclic) bond motifs is 3. The molecule has 1 aliphatic heterocycles. The molecule has 0 unspecified atom stereocenters. The van der Waals surface area contributed by atoms with Crippen molar-refractivity contribution in [2.75, 3.05) is 5.32 Å². The lowest BCUT2D eigenvalue weighted by molar-refractivity contribution is -0.115. The summed E-state index contributed by atoms with van der Waals surface area (Å²) < 4.78 is 2.65. The Bertz CT molecular complexity index is 638. The fourth-order valence-corrected chi connectivity index (χ4v) is 2.43. The fourth-order valence-electron chi connectivity index (χ4n) is 1.96. The SMILES string of the molecule is O=C1Cc2c(CO)nnn2-c2cc(I)ccc2N1. The summed E-state index contributed by atoms with van der Waals surface area (Å²) >= 11 is 2.20. The van der Waals surface area contributed by atoms with Crippen molar-refractivity contribution in [1.82, 2.24) is 15.0 Å². The van der Waals surface area contributed by atoms with Gasteiger partial charge in [-0.1, -0.05) is 5.21 Å². The van der Waals surface area contributed by atoms with E-state index in [0.29, 0.717) is 17.1 Å². The fraction of sp³-hybridized carbons (Fsp3) is 0.182. The molecule has 0 fully saturated rings. The first-order valence-corrected chi connectivity index (χ1v) is 6.41. The first kappa shape index (κ1) is 11.6. The van der Waals surface area contributed by atoms with E-state index in [0.717, 1.165) is 9.26 Å². The van der Waals surface area contributed by atoms with Gasteiger partial charge in [0, 0.05) is 3.57 Å². The predicted octanol–water partition coefficient (Wildman–Crippen LogP) is 0.859. The third-order valence-corrected chi connectivity index (χ3v) is 3.45. The van der Waals surface area contributed by atoms with E-state index in [1.165, 1.54) is 0 Å². The van der Waals surface area contributed by atoms with Crippen molar-refractivity contribution in [1.29, 1.82) is 0 Å². The van der Waals surface area contributed by atoms with Crippen LogP contribution in [0.25, 0.3) is 5.69 Å². The molecular weight excluding hydrogens is 347 g/mol. The van der Waals surface area contributed by atoms with Crippen molar-refractivity contribution in [3.63, 3.8) is 0 Å². The van der Waals surface area contributed by atoms with E-state index in [4.69, 9.17) is 0 Å². The smallest absolute Gasteiger partial charge is 0.230 e. The summed E-state index contributed by atoms with van der Waals surface area (Å²) in [6.07, 6.45) is 0.161. The Labute approximate surface area is 116 Å². The zero-order valence-corrected chi connectivity index (χ0v) is 11.4. The summed E-state index contributed by atoms with van der Waals surface area (Å²) in [5, 5.41) is 20.0. The van der Waals surface area contributed by atoms with Gasteiger partial charge in [0.1, 0.15) is 5.69 Å². The molecule has 1 aliphatic rings. The number of nitrogens with zero attached hydrogens (tertiary/aromatic N) is 3. The normalized spacial score (nSPS) is 13.6. The molecule has 18 heavy (non-hydrogen) atoms. The Hall–Kier alpha value is -1.48. The number of aliphatic hydroxyl groups is 1. The molecule has 0 atom stereocenters. The Morgan fingerprint density at radius 3 is 3.11 bits per heavy atom.